The summed E-state index contributed by atoms with van der Waals surface area (Å²) in [6.45, 7) is 0.825. The van der Waals surface area contributed by atoms with Crippen LogP contribution in [0.1, 0.15) is 42.4 Å². The SMILES string of the molecule is CS(=O)(=O)N1CCC(=O)c2c1cnn2C1CCCCO1. The molecule has 0 aromatic carbocycles. The van der Waals surface area contributed by atoms with Gasteiger partial charge in [-0.3, -0.25) is 9.10 Å². The first-order chi connectivity index (χ1) is 9.48. The zero-order chi connectivity index (χ0) is 14.3. The average molecular weight is 299 g/mol. The van der Waals surface area contributed by atoms with E-state index < -0.39 is 10.0 Å². The Kier molecular flexibility index (Phi) is 3.29. The molecule has 0 aliphatic carbocycles. The van der Waals surface area contributed by atoms with Gasteiger partial charge in [0, 0.05) is 19.6 Å². The van der Waals surface area contributed by atoms with Gasteiger partial charge in [-0.2, -0.15) is 5.10 Å². The molecule has 2 aliphatic rings. The standard InChI is InChI=1S/C12H17N3O4S/c1-20(17,18)14-6-5-10(16)12-9(14)8-13-15(12)11-4-2-3-7-19-11/h8,11H,2-7H2,1H3. The largest absolute Gasteiger partial charge is 0.356 e. The number of sulfonamides is 1. The Morgan fingerprint density at radius 1 is 1.40 bits per heavy atom. The molecule has 8 heteroatoms. The highest BCUT2D eigenvalue weighted by Gasteiger charge is 2.34. The van der Waals surface area contributed by atoms with Crippen molar-refractivity contribution >= 4 is 21.5 Å². The quantitative estimate of drug-likeness (QED) is 0.811. The van der Waals surface area contributed by atoms with E-state index in [-0.39, 0.29) is 25.0 Å². The van der Waals surface area contributed by atoms with E-state index in [4.69, 9.17) is 4.74 Å². The summed E-state index contributed by atoms with van der Waals surface area (Å²) in [4.78, 5) is 12.1. The van der Waals surface area contributed by atoms with E-state index >= 15 is 0 Å². The van der Waals surface area contributed by atoms with Gasteiger partial charge in [0.15, 0.2) is 12.0 Å². The Labute approximate surface area is 117 Å². The van der Waals surface area contributed by atoms with Crippen LogP contribution >= 0.6 is 0 Å². The molecule has 7 nitrogen and oxygen atoms in total. The lowest BCUT2D eigenvalue weighted by Crippen LogP contribution is -2.37. The van der Waals surface area contributed by atoms with Gasteiger partial charge in [-0.25, -0.2) is 13.1 Å². The summed E-state index contributed by atoms with van der Waals surface area (Å²) in [5.74, 6) is -0.0772. The van der Waals surface area contributed by atoms with Gasteiger partial charge in [0.2, 0.25) is 10.0 Å². The van der Waals surface area contributed by atoms with E-state index in [0.29, 0.717) is 18.0 Å². The Hall–Kier alpha value is -1.41. The van der Waals surface area contributed by atoms with Crippen LogP contribution in [0, 0.1) is 0 Å². The smallest absolute Gasteiger partial charge is 0.232 e. The second kappa shape index (κ2) is 4.85. The summed E-state index contributed by atoms with van der Waals surface area (Å²) >= 11 is 0. The van der Waals surface area contributed by atoms with Crippen molar-refractivity contribution < 1.29 is 17.9 Å². The number of hydrogen-bond acceptors (Lipinski definition) is 5. The number of ether oxygens (including phenoxy) is 1. The highest BCUT2D eigenvalue weighted by Crippen LogP contribution is 2.33. The van der Waals surface area contributed by atoms with Crippen molar-refractivity contribution in [2.75, 3.05) is 23.7 Å². The summed E-state index contributed by atoms with van der Waals surface area (Å²) in [5, 5.41) is 4.20. The molecule has 0 N–H and O–H groups in total. The fraction of sp³-hybridized carbons (Fsp3) is 0.667. The summed E-state index contributed by atoms with van der Waals surface area (Å²) in [5.41, 5.74) is 0.728. The van der Waals surface area contributed by atoms with E-state index in [1.54, 1.807) is 4.68 Å². The van der Waals surface area contributed by atoms with Crippen molar-refractivity contribution in [3.63, 3.8) is 0 Å². The van der Waals surface area contributed by atoms with Gasteiger partial charge in [0.05, 0.1) is 12.5 Å². The molecule has 3 rings (SSSR count). The maximum absolute atomic E-state index is 12.1. The lowest BCUT2D eigenvalue weighted by Gasteiger charge is -2.28. The van der Waals surface area contributed by atoms with E-state index in [2.05, 4.69) is 5.10 Å². The summed E-state index contributed by atoms with van der Waals surface area (Å²) in [7, 11) is -3.39. The number of fused-ring (bicyclic) bond motifs is 1. The van der Waals surface area contributed by atoms with E-state index in [1.165, 1.54) is 10.5 Å². The third-order valence-electron chi connectivity index (χ3n) is 3.68. The molecule has 0 radical (unpaired) electrons. The number of Topliss-reactive ketones (excluding diaryl/α,β-unsaturated/α-hetero) is 1. The van der Waals surface area contributed by atoms with Crippen LogP contribution < -0.4 is 4.31 Å². The molecule has 1 aromatic heterocycles. The fourth-order valence-electron chi connectivity index (χ4n) is 2.73. The predicted octanol–water partition coefficient (Wildman–Crippen LogP) is 0.935. The second-order valence-corrected chi connectivity index (χ2v) is 7.06. The minimum Gasteiger partial charge on any atom is -0.356 e. The molecule has 0 saturated carbocycles. The van der Waals surface area contributed by atoms with Gasteiger partial charge in [-0.05, 0) is 19.3 Å². The molecule has 1 saturated heterocycles. The van der Waals surface area contributed by atoms with Crippen LogP contribution in [-0.2, 0) is 14.8 Å². The van der Waals surface area contributed by atoms with Gasteiger partial charge >= 0.3 is 0 Å². The number of ketones is 1. The first-order valence-electron chi connectivity index (χ1n) is 6.68. The first-order valence-corrected chi connectivity index (χ1v) is 8.53. The zero-order valence-corrected chi connectivity index (χ0v) is 12.1. The summed E-state index contributed by atoms with van der Waals surface area (Å²) in [6, 6.07) is 0. The topological polar surface area (TPSA) is 81.5 Å². The molecule has 1 fully saturated rings. The summed E-state index contributed by atoms with van der Waals surface area (Å²) in [6.07, 6.45) is 5.31. The minimum atomic E-state index is -3.39. The number of rotatable bonds is 2. The molecule has 1 atom stereocenters. The number of anilines is 1. The van der Waals surface area contributed by atoms with Crippen LogP contribution in [0.25, 0.3) is 0 Å². The van der Waals surface area contributed by atoms with Gasteiger partial charge in [0.25, 0.3) is 0 Å². The Morgan fingerprint density at radius 2 is 2.20 bits per heavy atom. The number of nitrogens with zero attached hydrogens (tertiary/aromatic N) is 3. The first kappa shape index (κ1) is 13.6. The molecular formula is C12H17N3O4S. The summed E-state index contributed by atoms with van der Waals surface area (Å²) < 4.78 is 32.0. The maximum atomic E-state index is 12.1. The third-order valence-corrected chi connectivity index (χ3v) is 4.86. The van der Waals surface area contributed by atoms with Crippen molar-refractivity contribution in [1.29, 1.82) is 0 Å². The Balaban J connectivity index is 2.04. The highest BCUT2D eigenvalue weighted by molar-refractivity contribution is 7.92. The predicted molar refractivity (Wildman–Crippen MR) is 72.2 cm³/mol. The average Bonchev–Trinajstić information content (AvgIpc) is 2.84. The van der Waals surface area contributed by atoms with Gasteiger partial charge < -0.3 is 4.74 Å². The van der Waals surface area contributed by atoms with E-state index in [9.17, 15) is 13.2 Å². The van der Waals surface area contributed by atoms with E-state index in [1.807, 2.05) is 0 Å². The molecule has 1 aromatic rings. The van der Waals surface area contributed by atoms with E-state index in [0.717, 1.165) is 25.5 Å². The molecular weight excluding hydrogens is 282 g/mol. The van der Waals surface area contributed by atoms with Crippen molar-refractivity contribution in [3.8, 4) is 0 Å². The lowest BCUT2D eigenvalue weighted by molar-refractivity contribution is -0.0405. The zero-order valence-electron chi connectivity index (χ0n) is 11.3. The number of carbonyl (C=O) groups excluding carboxylic acids is 1. The normalized spacial score (nSPS) is 23.8. The van der Waals surface area contributed by atoms with Crippen LogP contribution in [-0.4, -0.2) is 43.4 Å². The van der Waals surface area contributed by atoms with Crippen LogP contribution in [0.4, 0.5) is 5.69 Å². The molecule has 3 heterocycles. The molecule has 20 heavy (non-hydrogen) atoms. The minimum absolute atomic E-state index is 0.0772. The van der Waals surface area contributed by atoms with Crippen LogP contribution in [0.3, 0.4) is 0 Å². The number of hydrogen-bond donors (Lipinski definition) is 0. The molecule has 1 unspecified atom stereocenters. The highest BCUT2D eigenvalue weighted by atomic mass is 32.2. The third kappa shape index (κ3) is 2.22. The monoisotopic (exact) mass is 299 g/mol. The molecule has 0 bridgehead atoms. The maximum Gasteiger partial charge on any atom is 0.232 e. The molecule has 2 aliphatic heterocycles. The molecule has 0 amide bonds. The second-order valence-electron chi connectivity index (χ2n) is 5.15. The van der Waals surface area contributed by atoms with Crippen LogP contribution in [0.15, 0.2) is 6.20 Å². The fourth-order valence-corrected chi connectivity index (χ4v) is 3.64. The van der Waals surface area contributed by atoms with Crippen LogP contribution in [0.2, 0.25) is 0 Å². The van der Waals surface area contributed by atoms with Crippen molar-refractivity contribution in [1.82, 2.24) is 9.78 Å². The van der Waals surface area contributed by atoms with Crippen molar-refractivity contribution in [3.05, 3.63) is 11.9 Å². The number of carbonyl (C=O) groups is 1. The van der Waals surface area contributed by atoms with Crippen molar-refractivity contribution in [2.24, 2.45) is 0 Å². The Bertz CT molecular complexity index is 631. The van der Waals surface area contributed by atoms with Crippen molar-refractivity contribution in [2.45, 2.75) is 31.9 Å². The number of aromatic nitrogens is 2. The molecule has 110 valence electrons. The van der Waals surface area contributed by atoms with Gasteiger partial charge in [-0.1, -0.05) is 0 Å². The van der Waals surface area contributed by atoms with Gasteiger partial charge in [0.1, 0.15) is 11.4 Å². The molecule has 0 spiro atoms. The van der Waals surface area contributed by atoms with Crippen LogP contribution in [0.5, 0.6) is 0 Å². The Morgan fingerprint density at radius 3 is 2.85 bits per heavy atom. The van der Waals surface area contributed by atoms with Gasteiger partial charge in [-0.15, -0.1) is 0 Å². The lowest BCUT2D eigenvalue weighted by atomic mass is 10.1.